The van der Waals surface area contributed by atoms with E-state index in [-0.39, 0.29) is 18.1 Å². The summed E-state index contributed by atoms with van der Waals surface area (Å²) >= 11 is 1.22. The maximum Gasteiger partial charge on any atom is 0.355 e. The van der Waals surface area contributed by atoms with Crippen LogP contribution in [0.25, 0.3) is 0 Å². The van der Waals surface area contributed by atoms with E-state index in [4.69, 9.17) is 10.8 Å². The SMILES string of the molecule is Nc1ccc(CCC(=O)NCc2nc(C(=O)O)cs2)cc1. The average molecular weight is 305 g/mol. The van der Waals surface area contributed by atoms with Gasteiger partial charge in [0, 0.05) is 17.5 Å². The van der Waals surface area contributed by atoms with Crippen LogP contribution >= 0.6 is 11.3 Å². The number of rotatable bonds is 6. The number of aromatic carboxylic acids is 1. The number of aromatic nitrogens is 1. The van der Waals surface area contributed by atoms with E-state index in [1.807, 2.05) is 12.1 Å². The molecule has 0 bridgehead atoms. The molecule has 0 spiro atoms. The molecular weight excluding hydrogens is 290 g/mol. The quantitative estimate of drug-likeness (QED) is 0.704. The van der Waals surface area contributed by atoms with Gasteiger partial charge in [0.25, 0.3) is 0 Å². The number of nitrogens with zero attached hydrogens (tertiary/aromatic N) is 1. The Kier molecular flexibility index (Phi) is 4.89. The summed E-state index contributed by atoms with van der Waals surface area (Å²) in [5.41, 5.74) is 7.34. The standard InChI is InChI=1S/C14H15N3O3S/c15-10-4-1-9(2-5-10)3-6-12(18)16-7-13-17-11(8-21-13)14(19)20/h1-2,4-5,8H,3,6-7,15H2,(H,16,18)(H,19,20). The summed E-state index contributed by atoms with van der Waals surface area (Å²) in [6.45, 7) is 0.249. The number of carbonyl (C=O) groups is 2. The Balaban J connectivity index is 1.76. The van der Waals surface area contributed by atoms with Crippen LogP contribution in [0.5, 0.6) is 0 Å². The van der Waals surface area contributed by atoms with Gasteiger partial charge in [0.15, 0.2) is 5.69 Å². The normalized spacial score (nSPS) is 10.3. The molecule has 6 nitrogen and oxygen atoms in total. The molecule has 2 aromatic rings. The van der Waals surface area contributed by atoms with Crippen LogP contribution in [0.1, 0.15) is 27.5 Å². The Morgan fingerprint density at radius 2 is 2.00 bits per heavy atom. The second-order valence-corrected chi connectivity index (χ2v) is 5.39. The van der Waals surface area contributed by atoms with Crippen LogP contribution < -0.4 is 11.1 Å². The van der Waals surface area contributed by atoms with Gasteiger partial charge in [-0.25, -0.2) is 9.78 Å². The molecule has 110 valence electrons. The smallest absolute Gasteiger partial charge is 0.355 e. The number of carboxylic acids is 1. The van der Waals surface area contributed by atoms with Crippen molar-refractivity contribution in [2.75, 3.05) is 5.73 Å². The van der Waals surface area contributed by atoms with Gasteiger partial charge in [-0.15, -0.1) is 11.3 Å². The van der Waals surface area contributed by atoms with Gasteiger partial charge >= 0.3 is 5.97 Å². The summed E-state index contributed by atoms with van der Waals surface area (Å²) in [7, 11) is 0. The van der Waals surface area contributed by atoms with E-state index in [0.717, 1.165) is 5.56 Å². The number of carboxylic acid groups (broad SMARTS) is 1. The molecule has 0 aliphatic rings. The summed E-state index contributed by atoms with van der Waals surface area (Å²) in [5, 5.41) is 13.5. The fourth-order valence-corrected chi connectivity index (χ4v) is 2.40. The van der Waals surface area contributed by atoms with Crippen molar-refractivity contribution >= 4 is 28.9 Å². The molecular formula is C14H15N3O3S. The van der Waals surface area contributed by atoms with Crippen LogP contribution in [0.15, 0.2) is 29.6 Å². The number of hydrogen-bond donors (Lipinski definition) is 3. The molecule has 0 atom stereocenters. The molecule has 1 amide bonds. The summed E-state index contributed by atoms with van der Waals surface area (Å²) in [6.07, 6.45) is 0.992. The number of benzene rings is 1. The number of nitrogens with two attached hydrogens (primary N) is 1. The minimum absolute atomic E-state index is 0.00567. The number of thiazole rings is 1. The van der Waals surface area contributed by atoms with Crippen molar-refractivity contribution in [3.63, 3.8) is 0 Å². The molecule has 0 aliphatic heterocycles. The van der Waals surface area contributed by atoms with Crippen molar-refractivity contribution in [3.8, 4) is 0 Å². The third-order valence-corrected chi connectivity index (χ3v) is 3.68. The average Bonchev–Trinajstić information content (AvgIpc) is 2.93. The van der Waals surface area contributed by atoms with Gasteiger partial charge in [0.05, 0.1) is 6.54 Å². The largest absolute Gasteiger partial charge is 0.476 e. The number of amides is 1. The van der Waals surface area contributed by atoms with Crippen LogP contribution in [0.2, 0.25) is 0 Å². The first-order valence-electron chi connectivity index (χ1n) is 6.33. The lowest BCUT2D eigenvalue weighted by atomic mass is 10.1. The second kappa shape index (κ2) is 6.85. The van der Waals surface area contributed by atoms with Crippen molar-refractivity contribution in [2.45, 2.75) is 19.4 Å². The molecule has 1 aromatic carbocycles. The molecule has 2 rings (SSSR count). The molecule has 0 aliphatic carbocycles. The van der Waals surface area contributed by atoms with Crippen molar-refractivity contribution in [1.82, 2.24) is 10.3 Å². The maximum absolute atomic E-state index is 11.7. The van der Waals surface area contributed by atoms with Crippen molar-refractivity contribution in [2.24, 2.45) is 0 Å². The van der Waals surface area contributed by atoms with Crippen molar-refractivity contribution < 1.29 is 14.7 Å². The van der Waals surface area contributed by atoms with Gasteiger partial charge in [0.2, 0.25) is 5.91 Å². The number of anilines is 1. The zero-order chi connectivity index (χ0) is 15.2. The van der Waals surface area contributed by atoms with E-state index < -0.39 is 5.97 Å². The predicted octanol–water partition coefficient (Wildman–Crippen LogP) is 1.67. The van der Waals surface area contributed by atoms with Gasteiger partial charge in [-0.3, -0.25) is 4.79 Å². The molecule has 4 N–H and O–H groups in total. The molecule has 1 heterocycles. The zero-order valence-electron chi connectivity index (χ0n) is 11.2. The third kappa shape index (κ3) is 4.57. The Morgan fingerprint density at radius 3 is 2.62 bits per heavy atom. The van der Waals surface area contributed by atoms with Gasteiger partial charge in [-0.2, -0.15) is 0 Å². The van der Waals surface area contributed by atoms with Crippen LogP contribution in [-0.2, 0) is 17.8 Å². The molecule has 0 unspecified atom stereocenters. The monoisotopic (exact) mass is 305 g/mol. The highest BCUT2D eigenvalue weighted by molar-refractivity contribution is 7.09. The first-order valence-corrected chi connectivity index (χ1v) is 7.21. The van der Waals surface area contributed by atoms with Crippen molar-refractivity contribution in [1.29, 1.82) is 0 Å². The highest BCUT2D eigenvalue weighted by atomic mass is 32.1. The van der Waals surface area contributed by atoms with E-state index in [1.54, 1.807) is 12.1 Å². The minimum Gasteiger partial charge on any atom is -0.476 e. The molecule has 0 radical (unpaired) electrons. The molecule has 7 heteroatoms. The maximum atomic E-state index is 11.7. The van der Waals surface area contributed by atoms with Gasteiger partial charge in [-0.1, -0.05) is 12.1 Å². The number of carbonyl (C=O) groups excluding carboxylic acids is 1. The highest BCUT2D eigenvalue weighted by Crippen LogP contribution is 2.10. The van der Waals surface area contributed by atoms with Gasteiger partial charge < -0.3 is 16.2 Å². The van der Waals surface area contributed by atoms with Gasteiger partial charge in [0.1, 0.15) is 5.01 Å². The number of aryl methyl sites for hydroxylation is 1. The predicted molar refractivity (Wildman–Crippen MR) is 80.1 cm³/mol. The van der Waals surface area contributed by atoms with Crippen molar-refractivity contribution in [3.05, 3.63) is 45.9 Å². The second-order valence-electron chi connectivity index (χ2n) is 4.45. The van der Waals surface area contributed by atoms with E-state index in [1.165, 1.54) is 16.7 Å². The fourth-order valence-electron chi connectivity index (χ4n) is 1.70. The Morgan fingerprint density at radius 1 is 1.29 bits per heavy atom. The topological polar surface area (TPSA) is 105 Å². The zero-order valence-corrected chi connectivity index (χ0v) is 12.0. The summed E-state index contributed by atoms with van der Waals surface area (Å²) in [4.78, 5) is 26.3. The number of hydrogen-bond acceptors (Lipinski definition) is 5. The van der Waals surface area contributed by atoms with Gasteiger partial charge in [-0.05, 0) is 24.1 Å². The van der Waals surface area contributed by atoms with E-state index in [2.05, 4.69) is 10.3 Å². The third-order valence-electron chi connectivity index (χ3n) is 2.83. The lowest BCUT2D eigenvalue weighted by molar-refractivity contribution is -0.121. The fraction of sp³-hybridized carbons (Fsp3) is 0.214. The lowest BCUT2D eigenvalue weighted by Gasteiger charge is -2.04. The summed E-state index contributed by atoms with van der Waals surface area (Å²) in [5.74, 6) is -1.16. The molecule has 0 saturated carbocycles. The summed E-state index contributed by atoms with van der Waals surface area (Å²) in [6, 6.07) is 7.39. The number of nitrogen functional groups attached to an aromatic ring is 1. The van der Waals surface area contributed by atoms with Crippen LogP contribution in [0.3, 0.4) is 0 Å². The highest BCUT2D eigenvalue weighted by Gasteiger charge is 2.09. The lowest BCUT2D eigenvalue weighted by Crippen LogP contribution is -2.23. The Labute approximate surface area is 125 Å². The molecule has 0 fully saturated rings. The first-order chi connectivity index (χ1) is 10.0. The van der Waals surface area contributed by atoms with Crippen LogP contribution in [-0.4, -0.2) is 22.0 Å². The molecule has 0 saturated heterocycles. The first kappa shape index (κ1) is 15.0. The van der Waals surface area contributed by atoms with Crippen LogP contribution in [0.4, 0.5) is 5.69 Å². The Bertz CT molecular complexity index is 637. The van der Waals surface area contributed by atoms with Crippen LogP contribution in [0, 0.1) is 0 Å². The van der Waals surface area contributed by atoms with E-state index in [9.17, 15) is 9.59 Å². The molecule has 1 aromatic heterocycles. The Hall–Kier alpha value is -2.41. The minimum atomic E-state index is -1.06. The summed E-state index contributed by atoms with van der Waals surface area (Å²) < 4.78 is 0. The molecule has 21 heavy (non-hydrogen) atoms. The number of nitrogens with one attached hydrogen (secondary N) is 1. The van der Waals surface area contributed by atoms with E-state index >= 15 is 0 Å². The van der Waals surface area contributed by atoms with E-state index in [0.29, 0.717) is 23.5 Å².